The number of carbonyl (C=O) groups excluding carboxylic acids is 1. The molecule has 14 heavy (non-hydrogen) atoms. The maximum atomic E-state index is 11.3. The number of nitriles is 1. The lowest BCUT2D eigenvalue weighted by atomic mass is 9.85. The first-order valence-corrected chi connectivity index (χ1v) is 4.85. The molecule has 0 saturated carbocycles. The molecule has 4 heteroatoms. The van der Waals surface area contributed by atoms with E-state index in [4.69, 9.17) is 5.26 Å². The fraction of sp³-hybridized carbons (Fsp3) is 0.800. The molecule has 0 aromatic carbocycles. The lowest BCUT2D eigenvalue weighted by Gasteiger charge is -2.43. The zero-order valence-electron chi connectivity index (χ0n) is 8.77. The molecule has 1 amide bonds. The van der Waals surface area contributed by atoms with Gasteiger partial charge in [-0.3, -0.25) is 4.79 Å². The first kappa shape index (κ1) is 11.0. The van der Waals surface area contributed by atoms with Gasteiger partial charge in [-0.2, -0.15) is 5.26 Å². The molecule has 0 aromatic rings. The molecule has 0 aliphatic carbocycles. The molecule has 1 N–H and O–H groups in total. The molecule has 0 bridgehead atoms. The molecule has 1 fully saturated rings. The van der Waals surface area contributed by atoms with E-state index >= 15 is 0 Å². The van der Waals surface area contributed by atoms with Crippen molar-refractivity contribution in [3.8, 4) is 6.07 Å². The fourth-order valence-electron chi connectivity index (χ4n) is 2.25. The summed E-state index contributed by atoms with van der Waals surface area (Å²) in [5.41, 5.74) is 0. The third-order valence-electron chi connectivity index (χ3n) is 2.94. The van der Waals surface area contributed by atoms with Gasteiger partial charge in [-0.15, -0.1) is 0 Å². The minimum atomic E-state index is -0.722. The highest BCUT2D eigenvalue weighted by molar-refractivity contribution is 5.74. The largest absolute Gasteiger partial charge is 0.390 e. The van der Waals surface area contributed by atoms with Gasteiger partial charge in [-0.25, -0.2) is 0 Å². The number of likely N-dealkylation sites (tertiary alicyclic amines) is 1. The van der Waals surface area contributed by atoms with Crippen LogP contribution in [-0.4, -0.2) is 34.1 Å². The maximum absolute atomic E-state index is 11.3. The van der Waals surface area contributed by atoms with E-state index in [1.54, 1.807) is 11.8 Å². The second-order valence-electron chi connectivity index (χ2n) is 3.98. The van der Waals surface area contributed by atoms with E-state index in [-0.39, 0.29) is 23.9 Å². The summed E-state index contributed by atoms with van der Waals surface area (Å²) in [6.45, 7) is 5.19. The summed E-state index contributed by atoms with van der Waals surface area (Å²) in [5, 5.41) is 18.6. The predicted molar refractivity (Wildman–Crippen MR) is 51.2 cm³/mol. The van der Waals surface area contributed by atoms with Crippen molar-refractivity contribution in [2.24, 2.45) is 5.92 Å². The van der Waals surface area contributed by atoms with Gasteiger partial charge in [0, 0.05) is 13.0 Å². The molecule has 0 aromatic heterocycles. The van der Waals surface area contributed by atoms with Gasteiger partial charge in [0.1, 0.15) is 0 Å². The molecule has 1 saturated heterocycles. The van der Waals surface area contributed by atoms with Crippen molar-refractivity contribution < 1.29 is 9.90 Å². The Hall–Kier alpha value is -1.08. The summed E-state index contributed by atoms with van der Waals surface area (Å²) >= 11 is 0. The second kappa shape index (κ2) is 3.97. The molecule has 78 valence electrons. The molecule has 0 spiro atoms. The molecule has 4 atom stereocenters. The standard InChI is InChI=1S/C10H16N2O2/c1-6-4-9(5-11)10(14)7(2)12(6)8(3)13/h6-7,9-10,14H,4H2,1-3H3. The van der Waals surface area contributed by atoms with Crippen LogP contribution < -0.4 is 0 Å². The SMILES string of the molecule is CC(=O)N1C(C)CC(C#N)C(O)C1C. The van der Waals surface area contributed by atoms with Crippen molar-refractivity contribution in [2.75, 3.05) is 0 Å². The van der Waals surface area contributed by atoms with Crippen molar-refractivity contribution >= 4 is 5.91 Å². The second-order valence-corrected chi connectivity index (χ2v) is 3.98. The van der Waals surface area contributed by atoms with Crippen molar-refractivity contribution in [3.05, 3.63) is 0 Å². The number of hydrogen-bond donors (Lipinski definition) is 1. The van der Waals surface area contributed by atoms with Gasteiger partial charge in [0.25, 0.3) is 0 Å². The summed E-state index contributed by atoms with van der Waals surface area (Å²) in [7, 11) is 0. The number of carbonyl (C=O) groups is 1. The number of hydrogen-bond acceptors (Lipinski definition) is 3. The highest BCUT2D eigenvalue weighted by atomic mass is 16.3. The van der Waals surface area contributed by atoms with Crippen LogP contribution in [0.2, 0.25) is 0 Å². The van der Waals surface area contributed by atoms with E-state index in [1.807, 2.05) is 6.92 Å². The Kier molecular flexibility index (Phi) is 3.12. The van der Waals surface area contributed by atoms with Crippen molar-refractivity contribution in [2.45, 2.75) is 45.4 Å². The third-order valence-corrected chi connectivity index (χ3v) is 2.94. The number of piperidine rings is 1. The molecule has 1 aliphatic rings. The van der Waals surface area contributed by atoms with Crippen molar-refractivity contribution in [1.29, 1.82) is 5.26 Å². The first-order chi connectivity index (χ1) is 6.49. The van der Waals surface area contributed by atoms with E-state index in [9.17, 15) is 9.90 Å². The number of amides is 1. The van der Waals surface area contributed by atoms with Crippen LogP contribution in [0.1, 0.15) is 27.2 Å². The van der Waals surface area contributed by atoms with Gasteiger partial charge < -0.3 is 10.0 Å². The molecule has 1 rings (SSSR count). The summed E-state index contributed by atoms with van der Waals surface area (Å²) in [4.78, 5) is 12.9. The highest BCUT2D eigenvalue weighted by Gasteiger charge is 2.39. The predicted octanol–water partition coefficient (Wildman–Crippen LogP) is 0.516. The molecule has 0 radical (unpaired) electrons. The Morgan fingerprint density at radius 1 is 1.57 bits per heavy atom. The van der Waals surface area contributed by atoms with E-state index < -0.39 is 6.10 Å². The Balaban J connectivity index is 2.85. The lowest BCUT2D eigenvalue weighted by Crippen LogP contribution is -2.56. The quantitative estimate of drug-likeness (QED) is 0.614. The zero-order chi connectivity index (χ0) is 10.9. The topological polar surface area (TPSA) is 64.3 Å². The maximum Gasteiger partial charge on any atom is 0.220 e. The van der Waals surface area contributed by atoms with Gasteiger partial charge in [0.05, 0.1) is 24.1 Å². The summed E-state index contributed by atoms with van der Waals surface area (Å²) in [6, 6.07) is 1.86. The van der Waals surface area contributed by atoms with Crippen LogP contribution >= 0.6 is 0 Å². The molecule has 4 nitrogen and oxygen atoms in total. The van der Waals surface area contributed by atoms with E-state index in [0.717, 1.165) is 0 Å². The number of rotatable bonds is 0. The Morgan fingerprint density at radius 3 is 2.57 bits per heavy atom. The molecule has 4 unspecified atom stereocenters. The first-order valence-electron chi connectivity index (χ1n) is 4.85. The minimum absolute atomic E-state index is 0.0375. The Morgan fingerprint density at radius 2 is 2.14 bits per heavy atom. The lowest BCUT2D eigenvalue weighted by molar-refractivity contribution is -0.141. The van der Waals surface area contributed by atoms with Crippen LogP contribution in [0.3, 0.4) is 0 Å². The average Bonchev–Trinajstić information content (AvgIpc) is 2.10. The third kappa shape index (κ3) is 1.73. The minimum Gasteiger partial charge on any atom is -0.390 e. The highest BCUT2D eigenvalue weighted by Crippen LogP contribution is 2.27. The Labute approximate surface area is 84.1 Å². The van der Waals surface area contributed by atoms with Gasteiger partial charge in [-0.1, -0.05) is 0 Å². The van der Waals surface area contributed by atoms with E-state index in [2.05, 4.69) is 6.07 Å². The summed E-state index contributed by atoms with van der Waals surface area (Å²) in [5.74, 6) is -0.393. The fourth-order valence-corrected chi connectivity index (χ4v) is 2.25. The van der Waals surface area contributed by atoms with Gasteiger partial charge in [0.15, 0.2) is 0 Å². The summed E-state index contributed by atoms with van der Waals surface area (Å²) < 4.78 is 0. The van der Waals surface area contributed by atoms with Crippen molar-refractivity contribution in [3.63, 3.8) is 0 Å². The van der Waals surface area contributed by atoms with E-state index in [1.165, 1.54) is 6.92 Å². The van der Waals surface area contributed by atoms with Crippen LogP contribution in [0.25, 0.3) is 0 Å². The normalized spacial score (nSPS) is 37.8. The van der Waals surface area contributed by atoms with Crippen molar-refractivity contribution in [1.82, 2.24) is 4.90 Å². The van der Waals surface area contributed by atoms with Crippen LogP contribution in [0.5, 0.6) is 0 Å². The van der Waals surface area contributed by atoms with Gasteiger partial charge >= 0.3 is 0 Å². The van der Waals surface area contributed by atoms with Crippen LogP contribution in [0, 0.1) is 17.2 Å². The molecule has 1 aliphatic heterocycles. The van der Waals surface area contributed by atoms with Gasteiger partial charge in [0.2, 0.25) is 5.91 Å². The van der Waals surface area contributed by atoms with Crippen LogP contribution in [-0.2, 0) is 4.79 Å². The summed E-state index contributed by atoms with van der Waals surface area (Å²) in [6.07, 6.45) is -0.165. The number of aliphatic hydroxyl groups excluding tert-OH is 1. The average molecular weight is 196 g/mol. The molecular formula is C10H16N2O2. The van der Waals surface area contributed by atoms with E-state index in [0.29, 0.717) is 6.42 Å². The van der Waals surface area contributed by atoms with Gasteiger partial charge in [-0.05, 0) is 20.3 Å². The smallest absolute Gasteiger partial charge is 0.220 e. The molecular weight excluding hydrogens is 180 g/mol. The Bertz CT molecular complexity index is 272. The zero-order valence-corrected chi connectivity index (χ0v) is 8.77. The number of aliphatic hydroxyl groups is 1. The molecule has 1 heterocycles. The monoisotopic (exact) mass is 196 g/mol. The van der Waals surface area contributed by atoms with Crippen LogP contribution in [0.15, 0.2) is 0 Å². The number of nitrogens with zero attached hydrogens (tertiary/aromatic N) is 2. The van der Waals surface area contributed by atoms with Crippen LogP contribution in [0.4, 0.5) is 0 Å².